The van der Waals surface area contributed by atoms with E-state index in [1.807, 2.05) is 0 Å². The van der Waals surface area contributed by atoms with Gasteiger partial charge in [-0.2, -0.15) is 0 Å². The fourth-order valence-electron chi connectivity index (χ4n) is 2.70. The zero-order valence-corrected chi connectivity index (χ0v) is 11.9. The first-order chi connectivity index (χ1) is 9.15. The molecule has 1 aliphatic carbocycles. The van der Waals surface area contributed by atoms with Crippen LogP contribution in [0.15, 0.2) is 24.3 Å². The van der Waals surface area contributed by atoms with E-state index < -0.39 is 0 Å². The smallest absolute Gasteiger partial charge is 0.123 e. The molecule has 0 bridgehead atoms. The van der Waals surface area contributed by atoms with Gasteiger partial charge in [0.1, 0.15) is 18.2 Å². The van der Waals surface area contributed by atoms with E-state index in [1.165, 1.54) is 37.8 Å². The van der Waals surface area contributed by atoms with Crippen LogP contribution in [0.25, 0.3) is 0 Å². The molecule has 0 saturated heterocycles. The highest BCUT2D eigenvalue weighted by Gasteiger charge is 2.21. The topological polar surface area (TPSA) is 12.5 Å². The second-order valence-electron chi connectivity index (χ2n) is 5.70. The maximum atomic E-state index is 12.7. The van der Waals surface area contributed by atoms with Crippen molar-refractivity contribution in [1.29, 1.82) is 0 Å². The number of ether oxygens (including phenoxy) is 1. The van der Waals surface area contributed by atoms with Gasteiger partial charge in [0.2, 0.25) is 0 Å². The van der Waals surface area contributed by atoms with Crippen molar-refractivity contribution in [2.24, 2.45) is 5.92 Å². The van der Waals surface area contributed by atoms with Crippen molar-refractivity contribution in [3.8, 4) is 5.75 Å². The Morgan fingerprint density at radius 3 is 2.42 bits per heavy atom. The molecule has 2 rings (SSSR count). The molecule has 19 heavy (non-hydrogen) atoms. The van der Waals surface area contributed by atoms with Crippen molar-refractivity contribution < 1.29 is 9.13 Å². The third-order valence-corrected chi connectivity index (χ3v) is 4.14. The Morgan fingerprint density at radius 2 is 1.79 bits per heavy atom. The minimum absolute atomic E-state index is 0.221. The van der Waals surface area contributed by atoms with Gasteiger partial charge in [0.25, 0.3) is 0 Å². The molecule has 0 N–H and O–H groups in total. The lowest BCUT2D eigenvalue weighted by Crippen LogP contribution is -2.37. The Hall–Kier alpha value is -1.09. The van der Waals surface area contributed by atoms with Crippen LogP contribution in [0.1, 0.15) is 32.6 Å². The van der Waals surface area contributed by atoms with Crippen LogP contribution in [0, 0.1) is 11.7 Å². The van der Waals surface area contributed by atoms with Crippen molar-refractivity contribution in [1.82, 2.24) is 4.90 Å². The van der Waals surface area contributed by atoms with Gasteiger partial charge in [-0.1, -0.05) is 6.92 Å². The summed E-state index contributed by atoms with van der Waals surface area (Å²) in [5, 5.41) is 0. The van der Waals surface area contributed by atoms with Gasteiger partial charge in [0, 0.05) is 12.6 Å². The van der Waals surface area contributed by atoms with Crippen molar-refractivity contribution in [2.45, 2.75) is 38.6 Å². The number of rotatable bonds is 5. The summed E-state index contributed by atoms with van der Waals surface area (Å²) in [6.07, 6.45) is 5.28. The number of benzene rings is 1. The molecule has 0 aliphatic heterocycles. The SMILES string of the molecule is CC1CCC(N(C)CCOc2ccc(F)cc2)CC1. The molecule has 0 atom stereocenters. The first kappa shape index (κ1) is 14.3. The molecule has 1 aromatic carbocycles. The van der Waals surface area contributed by atoms with Crippen LogP contribution in [-0.2, 0) is 0 Å². The van der Waals surface area contributed by atoms with Gasteiger partial charge in [-0.25, -0.2) is 4.39 Å². The molecule has 0 unspecified atom stereocenters. The number of halogens is 1. The van der Waals surface area contributed by atoms with Gasteiger partial charge >= 0.3 is 0 Å². The van der Waals surface area contributed by atoms with Crippen LogP contribution in [0.3, 0.4) is 0 Å². The van der Waals surface area contributed by atoms with Crippen LogP contribution < -0.4 is 4.74 Å². The maximum absolute atomic E-state index is 12.7. The van der Waals surface area contributed by atoms with E-state index in [0.29, 0.717) is 12.6 Å². The lowest BCUT2D eigenvalue weighted by atomic mass is 9.87. The Labute approximate surface area is 115 Å². The zero-order chi connectivity index (χ0) is 13.7. The summed E-state index contributed by atoms with van der Waals surface area (Å²) in [5.41, 5.74) is 0. The van der Waals surface area contributed by atoms with E-state index in [1.54, 1.807) is 12.1 Å². The second-order valence-corrected chi connectivity index (χ2v) is 5.70. The molecule has 0 amide bonds. The van der Waals surface area contributed by atoms with Crippen molar-refractivity contribution in [3.05, 3.63) is 30.1 Å². The first-order valence-corrected chi connectivity index (χ1v) is 7.24. The normalized spacial score (nSPS) is 23.6. The third kappa shape index (κ3) is 4.50. The molecule has 3 heteroatoms. The summed E-state index contributed by atoms with van der Waals surface area (Å²) in [7, 11) is 2.18. The van der Waals surface area contributed by atoms with Crippen LogP contribution >= 0.6 is 0 Å². The van der Waals surface area contributed by atoms with Crippen LogP contribution in [0.5, 0.6) is 5.75 Å². The fraction of sp³-hybridized carbons (Fsp3) is 0.625. The number of hydrogen-bond acceptors (Lipinski definition) is 2. The van der Waals surface area contributed by atoms with Gasteiger partial charge in [-0.05, 0) is 62.9 Å². The van der Waals surface area contributed by atoms with Crippen molar-refractivity contribution >= 4 is 0 Å². The zero-order valence-electron chi connectivity index (χ0n) is 11.9. The molecule has 106 valence electrons. The molecular formula is C16H24FNO. The summed E-state index contributed by atoms with van der Waals surface area (Å²) in [6, 6.07) is 6.92. The van der Waals surface area contributed by atoms with Gasteiger partial charge in [-0.15, -0.1) is 0 Å². The van der Waals surface area contributed by atoms with Gasteiger partial charge in [0.05, 0.1) is 0 Å². The largest absolute Gasteiger partial charge is 0.492 e. The summed E-state index contributed by atoms with van der Waals surface area (Å²) >= 11 is 0. The van der Waals surface area contributed by atoms with E-state index in [9.17, 15) is 4.39 Å². The molecule has 0 spiro atoms. The third-order valence-electron chi connectivity index (χ3n) is 4.14. The predicted molar refractivity (Wildman–Crippen MR) is 75.9 cm³/mol. The lowest BCUT2D eigenvalue weighted by molar-refractivity contribution is 0.145. The summed E-state index contributed by atoms with van der Waals surface area (Å²) in [4.78, 5) is 2.40. The Balaban J connectivity index is 1.69. The van der Waals surface area contributed by atoms with Gasteiger partial charge in [0.15, 0.2) is 0 Å². The molecule has 0 heterocycles. The first-order valence-electron chi connectivity index (χ1n) is 7.24. The van der Waals surface area contributed by atoms with Gasteiger partial charge < -0.3 is 9.64 Å². The highest BCUT2D eigenvalue weighted by Crippen LogP contribution is 2.26. The number of hydrogen-bond donors (Lipinski definition) is 0. The maximum Gasteiger partial charge on any atom is 0.123 e. The van der Waals surface area contributed by atoms with Crippen LogP contribution in [-0.4, -0.2) is 31.1 Å². The monoisotopic (exact) mass is 265 g/mol. The Morgan fingerprint density at radius 1 is 1.16 bits per heavy atom. The molecule has 2 nitrogen and oxygen atoms in total. The van der Waals surface area contributed by atoms with E-state index in [4.69, 9.17) is 4.74 Å². The summed E-state index contributed by atoms with van der Waals surface area (Å²) < 4.78 is 18.4. The van der Waals surface area contributed by atoms with E-state index in [0.717, 1.165) is 18.2 Å². The van der Waals surface area contributed by atoms with E-state index >= 15 is 0 Å². The highest BCUT2D eigenvalue weighted by molar-refractivity contribution is 5.21. The van der Waals surface area contributed by atoms with Crippen LogP contribution in [0.2, 0.25) is 0 Å². The summed E-state index contributed by atoms with van der Waals surface area (Å²) in [6.45, 7) is 3.93. The molecule has 1 fully saturated rings. The predicted octanol–water partition coefficient (Wildman–Crippen LogP) is 3.72. The standard InChI is InChI=1S/C16H24FNO/c1-13-3-7-15(8-4-13)18(2)11-12-19-16-9-5-14(17)6-10-16/h5-6,9-10,13,15H,3-4,7-8,11-12H2,1-2H3. The minimum atomic E-state index is -0.221. The van der Waals surface area contributed by atoms with Crippen LogP contribution in [0.4, 0.5) is 4.39 Å². The number of nitrogens with zero attached hydrogens (tertiary/aromatic N) is 1. The quantitative estimate of drug-likeness (QED) is 0.804. The fourth-order valence-corrected chi connectivity index (χ4v) is 2.70. The second kappa shape index (κ2) is 6.90. The molecule has 1 saturated carbocycles. The average molecular weight is 265 g/mol. The van der Waals surface area contributed by atoms with Crippen molar-refractivity contribution in [2.75, 3.05) is 20.2 Å². The Kier molecular flexibility index (Phi) is 5.20. The average Bonchev–Trinajstić information content (AvgIpc) is 2.41. The van der Waals surface area contributed by atoms with E-state index in [2.05, 4.69) is 18.9 Å². The minimum Gasteiger partial charge on any atom is -0.492 e. The molecule has 1 aliphatic rings. The molecule has 0 aromatic heterocycles. The molecular weight excluding hydrogens is 241 g/mol. The highest BCUT2D eigenvalue weighted by atomic mass is 19.1. The van der Waals surface area contributed by atoms with Crippen molar-refractivity contribution in [3.63, 3.8) is 0 Å². The lowest BCUT2D eigenvalue weighted by Gasteiger charge is -2.33. The Bertz CT molecular complexity index is 371. The molecule has 1 aromatic rings. The number of likely N-dealkylation sites (N-methyl/N-ethyl adjacent to an activating group) is 1. The molecule has 0 radical (unpaired) electrons. The van der Waals surface area contributed by atoms with Gasteiger partial charge in [-0.3, -0.25) is 0 Å². The van der Waals surface area contributed by atoms with E-state index in [-0.39, 0.29) is 5.82 Å². The summed E-state index contributed by atoms with van der Waals surface area (Å²) in [5.74, 6) is 1.41.